The predicted molar refractivity (Wildman–Crippen MR) is 115 cm³/mol. The van der Waals surface area contributed by atoms with Crippen molar-refractivity contribution >= 4 is 22.9 Å². The Balaban J connectivity index is 1.91. The predicted octanol–water partition coefficient (Wildman–Crippen LogP) is 5.24. The molecule has 154 valence electrons. The van der Waals surface area contributed by atoms with Crippen LogP contribution in [-0.4, -0.2) is 28.3 Å². The molecule has 2 aromatic carbocycles. The molecular weight excluding hydrogens is 381 g/mol. The molecule has 1 aliphatic rings. The Hall–Kier alpha value is -3.05. The van der Waals surface area contributed by atoms with E-state index < -0.39 is 18.2 Å². The van der Waals surface area contributed by atoms with Crippen LogP contribution in [0.5, 0.6) is 0 Å². The van der Waals surface area contributed by atoms with Crippen molar-refractivity contribution in [2.45, 2.75) is 44.8 Å². The Morgan fingerprint density at radius 1 is 1.17 bits per heavy atom. The van der Waals surface area contributed by atoms with Crippen molar-refractivity contribution in [3.05, 3.63) is 71.7 Å². The van der Waals surface area contributed by atoms with Crippen LogP contribution in [0, 0.1) is 5.82 Å². The second kappa shape index (κ2) is 8.36. The number of ether oxygens (including phenoxy) is 1. The molecule has 0 aliphatic carbocycles. The zero-order valence-corrected chi connectivity index (χ0v) is 17.0. The molecule has 0 saturated carbocycles. The summed E-state index contributed by atoms with van der Waals surface area (Å²) in [5.41, 5.74) is 4.54. The van der Waals surface area contributed by atoms with E-state index in [4.69, 9.17) is 9.72 Å². The van der Waals surface area contributed by atoms with Crippen molar-refractivity contribution in [3.8, 4) is 11.1 Å². The third-order valence-electron chi connectivity index (χ3n) is 5.31. The lowest BCUT2D eigenvalue weighted by atomic mass is 9.90. The number of fused-ring (bicyclic) bond motifs is 1. The van der Waals surface area contributed by atoms with Crippen LogP contribution in [0.3, 0.4) is 0 Å². The van der Waals surface area contributed by atoms with Gasteiger partial charge in [0.25, 0.3) is 0 Å². The summed E-state index contributed by atoms with van der Waals surface area (Å²) in [6.45, 7) is 4.15. The Morgan fingerprint density at radius 2 is 1.90 bits per heavy atom. The van der Waals surface area contributed by atoms with Crippen LogP contribution in [0.2, 0.25) is 0 Å². The first kappa shape index (κ1) is 20.2. The van der Waals surface area contributed by atoms with E-state index in [1.807, 2.05) is 36.4 Å². The summed E-state index contributed by atoms with van der Waals surface area (Å²) in [4.78, 5) is 16.6. The van der Waals surface area contributed by atoms with E-state index in [9.17, 15) is 14.3 Å². The number of cyclic esters (lactones) is 1. The number of aliphatic hydroxyl groups excluding tert-OH is 1. The van der Waals surface area contributed by atoms with E-state index in [0.29, 0.717) is 6.42 Å². The number of pyridine rings is 1. The Kier molecular flexibility index (Phi) is 5.64. The number of aromatic nitrogens is 1. The van der Waals surface area contributed by atoms with Crippen molar-refractivity contribution in [3.63, 3.8) is 0 Å². The highest BCUT2D eigenvalue weighted by atomic mass is 19.1. The normalized spacial score (nSPS) is 19.6. The molecule has 0 spiro atoms. The standard InChI is InChI=1S/C25H24FNO3/c1-15(2)25-21(12-11-19-13-18(28)14-23(29)30-19)24(16-7-9-17(26)10-8-16)20-5-3-4-6-22(20)27-25/h3-12,15,18-19,28H,13-14H2,1-2H3. The first-order valence-corrected chi connectivity index (χ1v) is 10.2. The van der Waals surface area contributed by atoms with E-state index in [-0.39, 0.29) is 18.2 Å². The van der Waals surface area contributed by atoms with Gasteiger partial charge in [0.1, 0.15) is 11.9 Å². The number of aliphatic hydroxyl groups is 1. The third-order valence-corrected chi connectivity index (χ3v) is 5.31. The van der Waals surface area contributed by atoms with Gasteiger partial charge < -0.3 is 9.84 Å². The number of rotatable bonds is 4. The molecule has 1 N–H and O–H groups in total. The highest BCUT2D eigenvalue weighted by Gasteiger charge is 2.26. The molecular formula is C25H24FNO3. The second-order valence-electron chi connectivity index (χ2n) is 7.95. The number of hydrogen-bond acceptors (Lipinski definition) is 4. The molecule has 2 atom stereocenters. The molecule has 3 aromatic rings. The van der Waals surface area contributed by atoms with Gasteiger partial charge in [0, 0.05) is 22.9 Å². The molecule has 0 radical (unpaired) electrons. The zero-order valence-electron chi connectivity index (χ0n) is 17.0. The number of carbonyl (C=O) groups is 1. The van der Waals surface area contributed by atoms with Gasteiger partial charge in [-0.15, -0.1) is 0 Å². The van der Waals surface area contributed by atoms with Crippen molar-refractivity contribution in [1.82, 2.24) is 4.98 Å². The number of nitrogens with zero attached hydrogens (tertiary/aromatic N) is 1. The van der Waals surface area contributed by atoms with Gasteiger partial charge in [-0.3, -0.25) is 9.78 Å². The first-order valence-electron chi connectivity index (χ1n) is 10.2. The van der Waals surface area contributed by atoms with Crippen LogP contribution in [0.25, 0.3) is 28.1 Å². The van der Waals surface area contributed by atoms with E-state index in [2.05, 4.69) is 13.8 Å². The van der Waals surface area contributed by atoms with Gasteiger partial charge in [-0.05, 0) is 35.8 Å². The fourth-order valence-electron chi connectivity index (χ4n) is 3.91. The summed E-state index contributed by atoms with van der Waals surface area (Å²) in [6, 6.07) is 14.3. The lowest BCUT2D eigenvalue weighted by molar-refractivity contribution is -0.156. The van der Waals surface area contributed by atoms with Gasteiger partial charge in [0.15, 0.2) is 0 Å². The van der Waals surface area contributed by atoms with Gasteiger partial charge in [0.2, 0.25) is 0 Å². The highest BCUT2D eigenvalue weighted by Crippen LogP contribution is 2.36. The molecule has 1 aromatic heterocycles. The summed E-state index contributed by atoms with van der Waals surface area (Å²) < 4.78 is 19.0. The molecule has 1 aliphatic heterocycles. The van der Waals surface area contributed by atoms with Crippen LogP contribution in [-0.2, 0) is 9.53 Å². The van der Waals surface area contributed by atoms with Crippen LogP contribution in [0.1, 0.15) is 43.9 Å². The number of halogens is 1. The second-order valence-corrected chi connectivity index (χ2v) is 7.95. The molecule has 5 heteroatoms. The van der Waals surface area contributed by atoms with Gasteiger partial charge in [0.05, 0.1) is 23.7 Å². The Labute approximate surface area is 175 Å². The van der Waals surface area contributed by atoms with Crippen LogP contribution in [0.15, 0.2) is 54.6 Å². The quantitative estimate of drug-likeness (QED) is 0.603. The average Bonchev–Trinajstić information content (AvgIpc) is 2.71. The third kappa shape index (κ3) is 4.12. The number of esters is 1. The van der Waals surface area contributed by atoms with Crippen molar-refractivity contribution in [1.29, 1.82) is 0 Å². The summed E-state index contributed by atoms with van der Waals surface area (Å²) in [6.07, 6.45) is 2.94. The number of para-hydroxylation sites is 1. The SMILES string of the molecule is CC(C)c1nc2ccccc2c(-c2ccc(F)cc2)c1C=CC1CC(O)CC(=O)O1. The van der Waals surface area contributed by atoms with Crippen LogP contribution < -0.4 is 0 Å². The van der Waals surface area contributed by atoms with E-state index in [1.54, 1.807) is 12.1 Å². The van der Waals surface area contributed by atoms with E-state index in [1.165, 1.54) is 12.1 Å². The molecule has 1 fully saturated rings. The summed E-state index contributed by atoms with van der Waals surface area (Å²) in [5, 5.41) is 10.9. The Morgan fingerprint density at radius 3 is 2.60 bits per heavy atom. The minimum Gasteiger partial charge on any atom is -0.458 e. The number of hydrogen-bond donors (Lipinski definition) is 1. The maximum Gasteiger partial charge on any atom is 0.309 e. The smallest absolute Gasteiger partial charge is 0.309 e. The average molecular weight is 405 g/mol. The van der Waals surface area contributed by atoms with Gasteiger partial charge in [-0.1, -0.05) is 50.3 Å². The fraction of sp³-hybridized carbons (Fsp3) is 0.280. The lowest BCUT2D eigenvalue weighted by Gasteiger charge is -2.24. The lowest BCUT2D eigenvalue weighted by Crippen LogP contribution is -2.31. The molecule has 30 heavy (non-hydrogen) atoms. The van der Waals surface area contributed by atoms with Gasteiger partial charge in [-0.25, -0.2) is 4.39 Å². The van der Waals surface area contributed by atoms with Crippen molar-refractivity contribution in [2.75, 3.05) is 0 Å². The molecule has 4 nitrogen and oxygen atoms in total. The molecule has 2 unspecified atom stereocenters. The van der Waals surface area contributed by atoms with Gasteiger partial charge >= 0.3 is 5.97 Å². The van der Waals surface area contributed by atoms with Crippen LogP contribution in [0.4, 0.5) is 4.39 Å². The molecule has 2 heterocycles. The maximum atomic E-state index is 13.6. The van der Waals surface area contributed by atoms with Gasteiger partial charge in [-0.2, -0.15) is 0 Å². The minimum atomic E-state index is -0.697. The summed E-state index contributed by atoms with van der Waals surface area (Å²) in [7, 11) is 0. The van der Waals surface area contributed by atoms with Crippen molar-refractivity contribution in [2.24, 2.45) is 0 Å². The maximum absolute atomic E-state index is 13.6. The first-order chi connectivity index (χ1) is 14.4. The molecule has 0 bridgehead atoms. The number of carbonyl (C=O) groups excluding carboxylic acids is 1. The topological polar surface area (TPSA) is 59.4 Å². The zero-order chi connectivity index (χ0) is 21.3. The number of benzene rings is 2. The summed E-state index contributed by atoms with van der Waals surface area (Å²) >= 11 is 0. The van der Waals surface area contributed by atoms with Crippen molar-refractivity contribution < 1.29 is 19.0 Å². The summed E-state index contributed by atoms with van der Waals surface area (Å²) in [5.74, 6) is -0.544. The van der Waals surface area contributed by atoms with Crippen LogP contribution >= 0.6 is 0 Å². The molecule has 4 rings (SSSR count). The fourth-order valence-corrected chi connectivity index (χ4v) is 3.91. The monoisotopic (exact) mass is 405 g/mol. The largest absolute Gasteiger partial charge is 0.458 e. The molecule has 0 amide bonds. The molecule has 1 saturated heterocycles. The highest BCUT2D eigenvalue weighted by molar-refractivity contribution is 5.99. The van der Waals surface area contributed by atoms with E-state index in [0.717, 1.165) is 33.3 Å². The Bertz CT molecular complexity index is 1110. The van der Waals surface area contributed by atoms with E-state index >= 15 is 0 Å². The minimum absolute atomic E-state index is 0.0277.